The lowest BCUT2D eigenvalue weighted by Gasteiger charge is -2.47. The van der Waals surface area contributed by atoms with E-state index in [4.69, 9.17) is 22.7 Å². The summed E-state index contributed by atoms with van der Waals surface area (Å²) in [4.78, 5) is 12.6. The number of aromatic nitrogens is 2. The summed E-state index contributed by atoms with van der Waals surface area (Å²) in [7, 11) is 0. The first-order chi connectivity index (χ1) is 14.1. The zero-order valence-corrected chi connectivity index (χ0v) is 17.3. The SMILES string of the molecule is CC1(C)Oc2ccc(C(N)=S)cc2C(c2ccc(=O)n(-c3ccccc3)n2)C1(O)O. The molecule has 0 radical (unpaired) electrons. The molecule has 1 atom stereocenters. The van der Waals surface area contributed by atoms with Crippen LogP contribution in [0.25, 0.3) is 5.69 Å². The number of nitrogens with two attached hydrogens (primary N) is 1. The van der Waals surface area contributed by atoms with Gasteiger partial charge in [0, 0.05) is 17.2 Å². The molecule has 1 aromatic heterocycles. The fourth-order valence-electron chi connectivity index (χ4n) is 3.63. The number of benzene rings is 2. The fourth-order valence-corrected chi connectivity index (χ4v) is 3.76. The van der Waals surface area contributed by atoms with Gasteiger partial charge in [-0.25, -0.2) is 0 Å². The van der Waals surface area contributed by atoms with Gasteiger partial charge in [0.05, 0.1) is 17.3 Å². The Morgan fingerprint density at radius 2 is 1.83 bits per heavy atom. The van der Waals surface area contributed by atoms with Gasteiger partial charge in [-0.05, 0) is 50.2 Å². The normalized spacial score (nSPS) is 18.9. The molecule has 8 heteroatoms. The standard InChI is InChI=1S/C22H21N3O4S/c1-21(2)22(27,28)19(15-12-13(20(23)30)8-10-17(15)29-21)16-9-11-18(26)25(24-16)14-6-4-3-5-7-14/h3-12,19,27-28H,1-2H3,(H2,23,30). The lowest BCUT2D eigenvalue weighted by molar-refractivity contribution is -0.269. The minimum absolute atomic E-state index is 0.171. The van der Waals surface area contributed by atoms with Gasteiger partial charge in [0.15, 0.2) is 5.60 Å². The van der Waals surface area contributed by atoms with E-state index in [0.717, 1.165) is 0 Å². The van der Waals surface area contributed by atoms with Crippen LogP contribution < -0.4 is 16.0 Å². The second-order valence-corrected chi connectivity index (χ2v) is 8.17. The molecular weight excluding hydrogens is 402 g/mol. The first kappa shape index (κ1) is 20.2. The number of ether oxygens (including phenoxy) is 1. The van der Waals surface area contributed by atoms with Gasteiger partial charge in [0.2, 0.25) is 5.79 Å². The van der Waals surface area contributed by atoms with Crippen LogP contribution in [-0.2, 0) is 0 Å². The summed E-state index contributed by atoms with van der Waals surface area (Å²) in [5.41, 5.74) is 5.97. The average molecular weight is 423 g/mol. The van der Waals surface area contributed by atoms with E-state index in [0.29, 0.717) is 28.3 Å². The van der Waals surface area contributed by atoms with Gasteiger partial charge in [-0.15, -0.1) is 0 Å². The molecule has 1 aliphatic heterocycles. The van der Waals surface area contributed by atoms with E-state index in [2.05, 4.69) is 5.10 Å². The van der Waals surface area contributed by atoms with Gasteiger partial charge < -0.3 is 20.7 Å². The van der Waals surface area contributed by atoms with Gasteiger partial charge in [-0.3, -0.25) is 4.79 Å². The Morgan fingerprint density at radius 3 is 2.50 bits per heavy atom. The van der Waals surface area contributed by atoms with Crippen molar-refractivity contribution in [3.8, 4) is 11.4 Å². The molecule has 154 valence electrons. The Hall–Kier alpha value is -3.07. The third-order valence-corrected chi connectivity index (χ3v) is 5.61. The lowest BCUT2D eigenvalue weighted by atomic mass is 9.76. The zero-order chi connectivity index (χ0) is 21.7. The average Bonchev–Trinajstić information content (AvgIpc) is 2.70. The Bertz CT molecular complexity index is 1190. The van der Waals surface area contributed by atoms with E-state index in [1.54, 1.807) is 56.3 Å². The quantitative estimate of drug-likeness (QED) is 0.436. The smallest absolute Gasteiger partial charge is 0.271 e. The van der Waals surface area contributed by atoms with Crippen LogP contribution in [0.15, 0.2) is 65.5 Å². The Kier molecular flexibility index (Phi) is 4.73. The molecule has 1 unspecified atom stereocenters. The third-order valence-electron chi connectivity index (χ3n) is 5.38. The van der Waals surface area contributed by atoms with Crippen LogP contribution in [0.1, 0.15) is 36.6 Å². The highest BCUT2D eigenvalue weighted by Crippen LogP contribution is 2.49. The largest absolute Gasteiger partial charge is 0.482 e. The molecule has 7 nitrogen and oxygen atoms in total. The molecule has 30 heavy (non-hydrogen) atoms. The predicted molar refractivity (Wildman–Crippen MR) is 116 cm³/mol. The summed E-state index contributed by atoms with van der Waals surface area (Å²) in [5.74, 6) is -2.88. The summed E-state index contributed by atoms with van der Waals surface area (Å²) in [6.45, 7) is 3.16. The highest BCUT2D eigenvalue weighted by atomic mass is 32.1. The van der Waals surface area contributed by atoms with Gasteiger partial charge in [-0.2, -0.15) is 9.78 Å². The molecule has 0 saturated heterocycles. The van der Waals surface area contributed by atoms with E-state index >= 15 is 0 Å². The van der Waals surface area contributed by atoms with Crippen LogP contribution in [0.4, 0.5) is 0 Å². The molecule has 3 aromatic rings. The summed E-state index contributed by atoms with van der Waals surface area (Å²) >= 11 is 5.08. The maximum absolute atomic E-state index is 12.4. The number of rotatable bonds is 3. The number of nitrogens with zero attached hydrogens (tertiary/aromatic N) is 2. The van der Waals surface area contributed by atoms with Gasteiger partial charge in [-0.1, -0.05) is 30.4 Å². The third kappa shape index (κ3) is 3.19. The zero-order valence-electron chi connectivity index (χ0n) is 16.4. The molecule has 4 rings (SSSR count). The number of aliphatic hydroxyl groups is 2. The molecule has 0 amide bonds. The number of fused-ring (bicyclic) bond motifs is 1. The molecule has 2 aromatic carbocycles. The summed E-state index contributed by atoms with van der Waals surface area (Å²) in [6.07, 6.45) is 0. The van der Waals surface area contributed by atoms with Crippen molar-refractivity contribution in [3.05, 3.63) is 87.8 Å². The molecule has 0 bridgehead atoms. The number of hydrogen-bond donors (Lipinski definition) is 3. The van der Waals surface area contributed by atoms with Crippen molar-refractivity contribution >= 4 is 17.2 Å². The van der Waals surface area contributed by atoms with E-state index < -0.39 is 17.3 Å². The van der Waals surface area contributed by atoms with Crippen molar-refractivity contribution in [2.75, 3.05) is 0 Å². The van der Waals surface area contributed by atoms with Gasteiger partial charge >= 0.3 is 0 Å². The van der Waals surface area contributed by atoms with Crippen LogP contribution in [0.2, 0.25) is 0 Å². The number of thiocarbonyl (C=S) groups is 1. The Balaban J connectivity index is 1.96. The van der Waals surface area contributed by atoms with Crippen molar-refractivity contribution < 1.29 is 14.9 Å². The second-order valence-electron chi connectivity index (χ2n) is 7.73. The van der Waals surface area contributed by atoms with Gasteiger partial charge in [0.1, 0.15) is 10.7 Å². The van der Waals surface area contributed by atoms with E-state index in [1.165, 1.54) is 16.8 Å². The first-order valence-corrected chi connectivity index (χ1v) is 9.76. The van der Waals surface area contributed by atoms with Crippen molar-refractivity contribution in [2.45, 2.75) is 31.2 Å². The highest BCUT2D eigenvalue weighted by molar-refractivity contribution is 7.80. The molecule has 4 N–H and O–H groups in total. The first-order valence-electron chi connectivity index (χ1n) is 9.35. The van der Waals surface area contributed by atoms with Crippen molar-refractivity contribution in [1.29, 1.82) is 0 Å². The van der Waals surface area contributed by atoms with Crippen LogP contribution in [-0.4, -0.2) is 36.4 Å². The van der Waals surface area contributed by atoms with E-state index in [1.807, 2.05) is 6.07 Å². The fraction of sp³-hybridized carbons (Fsp3) is 0.227. The maximum Gasteiger partial charge on any atom is 0.271 e. The monoisotopic (exact) mass is 423 g/mol. The molecule has 0 aliphatic carbocycles. The van der Waals surface area contributed by atoms with Crippen LogP contribution in [0.3, 0.4) is 0 Å². The molecule has 0 spiro atoms. The summed E-state index contributed by atoms with van der Waals surface area (Å²) < 4.78 is 7.11. The molecule has 0 saturated carbocycles. The minimum atomic E-state index is -2.33. The molecule has 1 aliphatic rings. The minimum Gasteiger partial charge on any atom is -0.482 e. The molecule has 2 heterocycles. The van der Waals surface area contributed by atoms with Crippen LogP contribution in [0.5, 0.6) is 5.75 Å². The molecule has 0 fully saturated rings. The van der Waals surface area contributed by atoms with Crippen molar-refractivity contribution in [1.82, 2.24) is 9.78 Å². The van der Waals surface area contributed by atoms with E-state index in [9.17, 15) is 15.0 Å². The highest BCUT2D eigenvalue weighted by Gasteiger charge is 2.56. The maximum atomic E-state index is 12.4. The number of hydrogen-bond acceptors (Lipinski definition) is 6. The van der Waals surface area contributed by atoms with Gasteiger partial charge in [0.25, 0.3) is 5.56 Å². The Morgan fingerprint density at radius 1 is 1.13 bits per heavy atom. The summed E-state index contributed by atoms with van der Waals surface area (Å²) in [5, 5.41) is 26.8. The van der Waals surface area contributed by atoms with Crippen molar-refractivity contribution in [3.63, 3.8) is 0 Å². The van der Waals surface area contributed by atoms with Crippen molar-refractivity contribution in [2.24, 2.45) is 5.73 Å². The predicted octanol–water partition coefficient (Wildman–Crippen LogP) is 1.85. The summed E-state index contributed by atoms with van der Waals surface area (Å²) in [6, 6.07) is 16.8. The Labute approximate surface area is 178 Å². The lowest BCUT2D eigenvalue weighted by Crippen LogP contribution is -2.60. The van der Waals surface area contributed by atoms with Crippen LogP contribution in [0, 0.1) is 0 Å². The second kappa shape index (κ2) is 7.02. The number of para-hydroxylation sites is 1. The topological polar surface area (TPSA) is 111 Å². The molecular formula is C22H21N3O4S. The van der Waals surface area contributed by atoms with Crippen LogP contribution >= 0.6 is 12.2 Å². The van der Waals surface area contributed by atoms with E-state index in [-0.39, 0.29) is 10.5 Å².